The Morgan fingerprint density at radius 1 is 1.53 bits per heavy atom. The first-order chi connectivity index (χ1) is 6.97. The topological polar surface area (TPSA) is 59.2 Å². The Morgan fingerprint density at radius 3 is 2.60 bits per heavy atom. The normalized spacial score (nSPS) is 10.5. The van der Waals surface area contributed by atoms with Crippen molar-refractivity contribution < 1.29 is 18.3 Å². The van der Waals surface area contributed by atoms with Gasteiger partial charge >= 0.3 is 5.97 Å². The van der Waals surface area contributed by atoms with E-state index in [1.165, 1.54) is 6.92 Å². The smallest absolute Gasteiger partial charge is 0.355 e. The van der Waals surface area contributed by atoms with Crippen LogP contribution in [0.2, 0.25) is 0 Å². The van der Waals surface area contributed by atoms with Gasteiger partial charge in [-0.3, -0.25) is 4.79 Å². The van der Waals surface area contributed by atoms with E-state index in [1.807, 2.05) is 4.98 Å². The summed E-state index contributed by atoms with van der Waals surface area (Å²) in [5, 5.41) is 0. The third kappa shape index (κ3) is 2.20. The van der Waals surface area contributed by atoms with E-state index < -0.39 is 29.2 Å². The number of nitrogens with one attached hydrogen (secondary N) is 1. The maximum absolute atomic E-state index is 12.6. The van der Waals surface area contributed by atoms with Gasteiger partial charge in [0.05, 0.1) is 12.7 Å². The molecule has 0 spiro atoms. The van der Waals surface area contributed by atoms with Gasteiger partial charge in [-0.25, -0.2) is 13.6 Å². The van der Waals surface area contributed by atoms with E-state index in [2.05, 4.69) is 4.74 Å². The van der Waals surface area contributed by atoms with Crippen molar-refractivity contribution >= 4 is 5.97 Å². The van der Waals surface area contributed by atoms with Crippen LogP contribution >= 0.6 is 0 Å². The highest BCUT2D eigenvalue weighted by Gasteiger charge is 2.22. The highest BCUT2D eigenvalue weighted by atomic mass is 19.3. The number of carbonyl (C=O) groups excluding carboxylic acids is 1. The molecule has 0 bridgehead atoms. The number of hydrogen-bond donors (Lipinski definition) is 1. The van der Waals surface area contributed by atoms with Gasteiger partial charge < -0.3 is 9.72 Å². The van der Waals surface area contributed by atoms with Crippen molar-refractivity contribution in [2.45, 2.75) is 13.3 Å². The summed E-state index contributed by atoms with van der Waals surface area (Å²) in [7, 11) is 1.05. The van der Waals surface area contributed by atoms with Crippen LogP contribution in [0.15, 0.2) is 10.9 Å². The predicted octanol–water partition coefficient (Wildman–Crippen LogP) is 1.41. The highest BCUT2D eigenvalue weighted by molar-refractivity contribution is 5.89. The Hall–Kier alpha value is -1.72. The fraction of sp³-hybridized carbons (Fsp3) is 0.333. The Balaban J connectivity index is 3.46. The summed E-state index contributed by atoms with van der Waals surface area (Å²) in [6.45, 7) is 1.34. The van der Waals surface area contributed by atoms with Crippen molar-refractivity contribution in [2.75, 3.05) is 7.11 Å². The summed E-state index contributed by atoms with van der Waals surface area (Å²) in [5.41, 5.74) is -1.54. The number of carbonyl (C=O) groups is 1. The van der Waals surface area contributed by atoms with Gasteiger partial charge in [-0.2, -0.15) is 0 Å². The summed E-state index contributed by atoms with van der Waals surface area (Å²) >= 11 is 0. The summed E-state index contributed by atoms with van der Waals surface area (Å²) in [5.74, 6) is -0.980. The Labute approximate surface area is 83.9 Å². The van der Waals surface area contributed by atoms with E-state index in [1.54, 1.807) is 0 Å². The van der Waals surface area contributed by atoms with E-state index in [9.17, 15) is 18.4 Å². The number of halogens is 2. The number of aromatic nitrogens is 1. The molecule has 1 aromatic heterocycles. The molecule has 82 valence electrons. The molecule has 0 aliphatic carbocycles. The lowest BCUT2D eigenvalue weighted by Gasteiger charge is -2.08. The monoisotopic (exact) mass is 217 g/mol. The van der Waals surface area contributed by atoms with Crippen LogP contribution in [0.25, 0.3) is 0 Å². The molecule has 0 atom stereocenters. The van der Waals surface area contributed by atoms with Crippen LogP contribution in [0.4, 0.5) is 8.78 Å². The number of aromatic amines is 1. The second-order valence-corrected chi connectivity index (χ2v) is 2.90. The first-order valence-corrected chi connectivity index (χ1v) is 4.07. The van der Waals surface area contributed by atoms with Crippen LogP contribution in [-0.4, -0.2) is 18.1 Å². The molecule has 1 aromatic rings. The maximum Gasteiger partial charge on any atom is 0.355 e. The number of pyridine rings is 1. The lowest BCUT2D eigenvalue weighted by molar-refractivity contribution is 0.0580. The zero-order valence-corrected chi connectivity index (χ0v) is 8.14. The van der Waals surface area contributed by atoms with Crippen molar-refractivity contribution in [2.24, 2.45) is 0 Å². The summed E-state index contributed by atoms with van der Waals surface area (Å²) in [6.07, 6.45) is -2.84. The van der Waals surface area contributed by atoms with Crippen LogP contribution < -0.4 is 5.56 Å². The quantitative estimate of drug-likeness (QED) is 0.762. The summed E-state index contributed by atoms with van der Waals surface area (Å²) < 4.78 is 29.5. The number of aryl methyl sites for hydroxylation is 1. The van der Waals surface area contributed by atoms with Gasteiger partial charge in [-0.15, -0.1) is 0 Å². The zero-order chi connectivity index (χ0) is 11.6. The molecule has 0 fully saturated rings. The van der Waals surface area contributed by atoms with Gasteiger partial charge in [0.25, 0.3) is 6.43 Å². The van der Waals surface area contributed by atoms with E-state index in [4.69, 9.17) is 0 Å². The average Bonchev–Trinajstić information content (AvgIpc) is 2.14. The molecule has 0 aliphatic rings. The van der Waals surface area contributed by atoms with E-state index in [0.29, 0.717) is 0 Å². The second kappa shape index (κ2) is 4.20. The standard InChI is InChI=1S/C9H9F2NO3/c1-4-3-5(13)12-7(9(14)15-2)6(4)8(10)11/h3,8H,1-2H3,(H,12,13). The van der Waals surface area contributed by atoms with Crippen molar-refractivity contribution in [1.82, 2.24) is 4.98 Å². The van der Waals surface area contributed by atoms with Crippen molar-refractivity contribution in [3.05, 3.63) is 33.2 Å². The first kappa shape index (κ1) is 11.4. The molecule has 0 saturated carbocycles. The van der Waals surface area contributed by atoms with Crippen LogP contribution in [0.5, 0.6) is 0 Å². The number of esters is 1. The van der Waals surface area contributed by atoms with Crippen LogP contribution in [0.1, 0.15) is 28.0 Å². The van der Waals surface area contributed by atoms with E-state index in [0.717, 1.165) is 13.2 Å². The lowest BCUT2D eigenvalue weighted by Crippen LogP contribution is -2.18. The number of H-pyrrole nitrogens is 1. The molecular weight excluding hydrogens is 208 g/mol. The van der Waals surface area contributed by atoms with Gasteiger partial charge in [0.1, 0.15) is 5.69 Å². The maximum atomic E-state index is 12.6. The Bertz CT molecular complexity index is 439. The minimum atomic E-state index is -2.84. The van der Waals surface area contributed by atoms with Crippen LogP contribution in [0, 0.1) is 6.92 Å². The number of alkyl halides is 2. The molecule has 1 heterocycles. The molecule has 0 saturated heterocycles. The molecule has 6 heteroatoms. The molecule has 0 unspecified atom stereocenters. The molecule has 0 aliphatic heterocycles. The molecule has 1 rings (SSSR count). The summed E-state index contributed by atoms with van der Waals surface area (Å²) in [6, 6.07) is 1.01. The van der Waals surface area contributed by atoms with Gasteiger partial charge in [-0.1, -0.05) is 0 Å². The van der Waals surface area contributed by atoms with Gasteiger partial charge in [0.15, 0.2) is 0 Å². The predicted molar refractivity (Wildman–Crippen MR) is 48.1 cm³/mol. The van der Waals surface area contributed by atoms with Crippen LogP contribution in [0.3, 0.4) is 0 Å². The van der Waals surface area contributed by atoms with Crippen molar-refractivity contribution in [3.63, 3.8) is 0 Å². The number of ether oxygens (including phenoxy) is 1. The molecule has 1 N–H and O–H groups in total. The molecule has 0 amide bonds. The fourth-order valence-electron chi connectivity index (χ4n) is 1.24. The van der Waals surface area contributed by atoms with E-state index >= 15 is 0 Å². The fourth-order valence-corrected chi connectivity index (χ4v) is 1.24. The number of methoxy groups -OCH3 is 1. The molecule has 15 heavy (non-hydrogen) atoms. The molecular formula is C9H9F2NO3. The molecule has 4 nitrogen and oxygen atoms in total. The molecule has 0 aromatic carbocycles. The van der Waals surface area contributed by atoms with Crippen molar-refractivity contribution in [3.8, 4) is 0 Å². The Morgan fingerprint density at radius 2 is 2.13 bits per heavy atom. The number of hydrogen-bond acceptors (Lipinski definition) is 3. The largest absolute Gasteiger partial charge is 0.464 e. The minimum absolute atomic E-state index is 0.0640. The van der Waals surface area contributed by atoms with Crippen LogP contribution in [-0.2, 0) is 4.74 Å². The minimum Gasteiger partial charge on any atom is -0.464 e. The third-order valence-corrected chi connectivity index (χ3v) is 1.90. The number of rotatable bonds is 2. The lowest BCUT2D eigenvalue weighted by atomic mass is 10.1. The van der Waals surface area contributed by atoms with Gasteiger partial charge in [-0.05, 0) is 12.5 Å². The Kier molecular flexibility index (Phi) is 3.18. The van der Waals surface area contributed by atoms with Gasteiger partial charge in [0.2, 0.25) is 5.56 Å². The molecule has 0 radical (unpaired) electrons. The zero-order valence-electron chi connectivity index (χ0n) is 8.14. The average molecular weight is 217 g/mol. The SMILES string of the molecule is COC(=O)c1[nH]c(=O)cc(C)c1C(F)F. The van der Waals surface area contributed by atoms with E-state index in [-0.39, 0.29) is 5.56 Å². The van der Waals surface area contributed by atoms with Gasteiger partial charge in [0, 0.05) is 6.07 Å². The van der Waals surface area contributed by atoms with Crippen molar-refractivity contribution in [1.29, 1.82) is 0 Å². The summed E-state index contributed by atoms with van der Waals surface area (Å²) in [4.78, 5) is 24.2. The third-order valence-electron chi connectivity index (χ3n) is 1.90. The first-order valence-electron chi connectivity index (χ1n) is 4.07. The highest BCUT2D eigenvalue weighted by Crippen LogP contribution is 2.24. The second-order valence-electron chi connectivity index (χ2n) is 2.90.